The first kappa shape index (κ1) is 13.2. The van der Waals surface area contributed by atoms with E-state index in [-0.39, 0.29) is 24.5 Å². The Kier molecular flexibility index (Phi) is 4.04. The number of hydrogen-bond acceptors (Lipinski definition) is 5. The Hall–Kier alpha value is -0.210. The first-order valence-electron chi connectivity index (χ1n) is 6.00. The molecule has 0 saturated carbocycles. The van der Waals surface area contributed by atoms with E-state index in [9.17, 15) is 8.42 Å². The topological polar surface area (TPSA) is 78.9 Å². The maximum atomic E-state index is 12.3. The highest BCUT2D eigenvalue weighted by Crippen LogP contribution is 2.20. The van der Waals surface area contributed by atoms with E-state index in [1.165, 1.54) is 4.31 Å². The molecule has 2 fully saturated rings. The molecular formula is C10H20N2O4S. The van der Waals surface area contributed by atoms with Crippen molar-refractivity contribution in [2.24, 2.45) is 0 Å². The molecule has 0 spiro atoms. The van der Waals surface area contributed by atoms with E-state index in [1.54, 1.807) is 0 Å². The number of sulfonamides is 1. The molecule has 0 aromatic rings. The summed E-state index contributed by atoms with van der Waals surface area (Å²) in [5.41, 5.74) is 0. The van der Waals surface area contributed by atoms with Crippen molar-refractivity contribution in [1.29, 1.82) is 0 Å². The summed E-state index contributed by atoms with van der Waals surface area (Å²) in [5, 5.41) is 11.8. The van der Waals surface area contributed by atoms with Crippen molar-refractivity contribution in [1.82, 2.24) is 9.62 Å². The molecule has 0 aromatic carbocycles. The van der Waals surface area contributed by atoms with Gasteiger partial charge in [0.05, 0.1) is 24.1 Å². The van der Waals surface area contributed by atoms with Crippen LogP contribution in [0.5, 0.6) is 0 Å². The predicted molar refractivity (Wildman–Crippen MR) is 63.2 cm³/mol. The van der Waals surface area contributed by atoms with Crippen LogP contribution in [0, 0.1) is 0 Å². The summed E-state index contributed by atoms with van der Waals surface area (Å²) in [5.74, 6) is 0. The Morgan fingerprint density at radius 3 is 2.82 bits per heavy atom. The smallest absolute Gasteiger partial charge is 0.218 e. The van der Waals surface area contributed by atoms with Crippen molar-refractivity contribution in [3.63, 3.8) is 0 Å². The molecular weight excluding hydrogens is 244 g/mol. The minimum Gasteiger partial charge on any atom is -0.394 e. The van der Waals surface area contributed by atoms with Crippen LogP contribution in [0.25, 0.3) is 0 Å². The molecule has 6 nitrogen and oxygen atoms in total. The molecule has 17 heavy (non-hydrogen) atoms. The van der Waals surface area contributed by atoms with Gasteiger partial charge in [0.1, 0.15) is 0 Å². The van der Waals surface area contributed by atoms with Crippen molar-refractivity contribution in [2.45, 2.75) is 30.8 Å². The first-order chi connectivity index (χ1) is 8.04. The molecule has 0 aliphatic carbocycles. The highest BCUT2D eigenvalue weighted by molar-refractivity contribution is 7.89. The summed E-state index contributed by atoms with van der Waals surface area (Å²) >= 11 is 0. The monoisotopic (exact) mass is 264 g/mol. The second-order valence-corrected chi connectivity index (χ2v) is 6.94. The fourth-order valence-corrected chi connectivity index (χ4v) is 4.36. The third-order valence-corrected chi connectivity index (χ3v) is 5.56. The molecule has 100 valence electrons. The molecule has 2 rings (SSSR count). The molecule has 7 heteroatoms. The Morgan fingerprint density at radius 2 is 2.24 bits per heavy atom. The van der Waals surface area contributed by atoms with Gasteiger partial charge in [-0.3, -0.25) is 0 Å². The van der Waals surface area contributed by atoms with Crippen LogP contribution in [-0.2, 0) is 14.8 Å². The van der Waals surface area contributed by atoms with Crippen LogP contribution in [0.1, 0.15) is 13.3 Å². The summed E-state index contributed by atoms with van der Waals surface area (Å²) in [6.45, 7) is 3.62. The molecule has 2 heterocycles. The third-order valence-electron chi connectivity index (χ3n) is 3.29. The minimum absolute atomic E-state index is 0.140. The number of ether oxygens (including phenoxy) is 1. The zero-order valence-corrected chi connectivity index (χ0v) is 10.8. The maximum absolute atomic E-state index is 12.3. The van der Waals surface area contributed by atoms with E-state index in [4.69, 9.17) is 9.84 Å². The molecule has 0 radical (unpaired) electrons. The number of nitrogens with one attached hydrogen (secondary N) is 1. The maximum Gasteiger partial charge on any atom is 0.218 e. The van der Waals surface area contributed by atoms with E-state index in [1.807, 2.05) is 6.92 Å². The van der Waals surface area contributed by atoms with Crippen LogP contribution >= 0.6 is 0 Å². The molecule has 2 saturated heterocycles. The van der Waals surface area contributed by atoms with E-state index in [2.05, 4.69) is 5.32 Å². The van der Waals surface area contributed by atoms with Crippen LogP contribution in [0.15, 0.2) is 0 Å². The second kappa shape index (κ2) is 5.19. The van der Waals surface area contributed by atoms with E-state index >= 15 is 0 Å². The first-order valence-corrected chi connectivity index (χ1v) is 7.50. The molecule has 2 aliphatic heterocycles. The predicted octanol–water partition coefficient (Wildman–Crippen LogP) is -1.24. The van der Waals surface area contributed by atoms with Gasteiger partial charge in [-0.25, -0.2) is 8.42 Å². The van der Waals surface area contributed by atoms with Crippen molar-refractivity contribution in [2.75, 3.05) is 32.8 Å². The summed E-state index contributed by atoms with van der Waals surface area (Å²) in [4.78, 5) is 0. The van der Waals surface area contributed by atoms with Gasteiger partial charge in [0, 0.05) is 19.6 Å². The lowest BCUT2D eigenvalue weighted by Gasteiger charge is -2.36. The second-order valence-electron chi connectivity index (χ2n) is 4.73. The summed E-state index contributed by atoms with van der Waals surface area (Å²) < 4.78 is 31.6. The Balaban J connectivity index is 2.09. The molecule has 0 bridgehead atoms. The Labute approximate surface area is 102 Å². The van der Waals surface area contributed by atoms with Crippen molar-refractivity contribution < 1.29 is 18.3 Å². The van der Waals surface area contributed by atoms with Gasteiger partial charge < -0.3 is 15.2 Å². The number of aliphatic hydroxyl groups excluding tert-OH is 1. The largest absolute Gasteiger partial charge is 0.394 e. The average molecular weight is 264 g/mol. The van der Waals surface area contributed by atoms with Crippen LogP contribution in [-0.4, -0.2) is 68.1 Å². The molecule has 2 N–H and O–H groups in total. The van der Waals surface area contributed by atoms with E-state index in [0.717, 1.165) is 6.54 Å². The number of hydrogen-bond donors (Lipinski definition) is 2. The minimum atomic E-state index is -3.26. The fourth-order valence-electron chi connectivity index (χ4n) is 2.40. The standard InChI is InChI=1S/C10H20N2O4S/c1-8-5-12(6-9(7-13)16-8)17(14,15)10-2-3-11-4-10/h8-11,13H,2-7H2,1H3. The van der Waals surface area contributed by atoms with Crippen molar-refractivity contribution >= 4 is 10.0 Å². The number of aliphatic hydroxyl groups is 1. The van der Waals surface area contributed by atoms with Gasteiger partial charge in [-0.15, -0.1) is 0 Å². The zero-order valence-electron chi connectivity index (χ0n) is 10.0. The lowest BCUT2D eigenvalue weighted by Crippen LogP contribution is -2.52. The van der Waals surface area contributed by atoms with Crippen molar-refractivity contribution in [3.05, 3.63) is 0 Å². The van der Waals surface area contributed by atoms with Crippen molar-refractivity contribution in [3.8, 4) is 0 Å². The number of morpholine rings is 1. The van der Waals surface area contributed by atoms with E-state index in [0.29, 0.717) is 19.5 Å². The molecule has 3 unspecified atom stereocenters. The van der Waals surface area contributed by atoms with Crippen LogP contribution < -0.4 is 5.32 Å². The van der Waals surface area contributed by atoms with Gasteiger partial charge >= 0.3 is 0 Å². The van der Waals surface area contributed by atoms with Crippen LogP contribution in [0.3, 0.4) is 0 Å². The Morgan fingerprint density at radius 1 is 1.47 bits per heavy atom. The SMILES string of the molecule is CC1CN(S(=O)(=O)C2CCNC2)CC(CO)O1. The highest BCUT2D eigenvalue weighted by atomic mass is 32.2. The zero-order chi connectivity index (χ0) is 12.5. The van der Waals surface area contributed by atoms with Gasteiger partial charge in [0.2, 0.25) is 10.0 Å². The van der Waals surface area contributed by atoms with Gasteiger partial charge in [-0.2, -0.15) is 4.31 Å². The third kappa shape index (κ3) is 2.79. The normalized spacial score (nSPS) is 36.2. The summed E-state index contributed by atoms with van der Waals surface area (Å²) in [6.07, 6.45) is 0.102. The molecule has 0 amide bonds. The van der Waals surface area contributed by atoms with Gasteiger partial charge in [0.25, 0.3) is 0 Å². The quantitative estimate of drug-likeness (QED) is 0.666. The molecule has 2 aliphatic rings. The van der Waals surface area contributed by atoms with Crippen LogP contribution in [0.4, 0.5) is 0 Å². The molecule has 0 aromatic heterocycles. The Bertz CT molecular complexity index is 353. The van der Waals surface area contributed by atoms with Gasteiger partial charge in [-0.1, -0.05) is 0 Å². The average Bonchev–Trinajstić information content (AvgIpc) is 2.82. The number of nitrogens with zero attached hydrogens (tertiary/aromatic N) is 1. The van der Waals surface area contributed by atoms with Gasteiger partial charge in [0.15, 0.2) is 0 Å². The lowest BCUT2D eigenvalue weighted by molar-refractivity contribution is -0.0752. The highest BCUT2D eigenvalue weighted by Gasteiger charge is 2.38. The summed E-state index contributed by atoms with van der Waals surface area (Å²) in [7, 11) is -3.26. The van der Waals surface area contributed by atoms with E-state index < -0.39 is 16.1 Å². The van der Waals surface area contributed by atoms with Gasteiger partial charge in [-0.05, 0) is 19.9 Å². The molecule has 3 atom stereocenters. The number of rotatable bonds is 3. The lowest BCUT2D eigenvalue weighted by atomic mass is 10.2. The summed E-state index contributed by atoms with van der Waals surface area (Å²) in [6, 6.07) is 0. The van der Waals surface area contributed by atoms with Crippen LogP contribution in [0.2, 0.25) is 0 Å². The fraction of sp³-hybridized carbons (Fsp3) is 1.00.